The molecule has 0 unspecified atom stereocenters. The van der Waals surface area contributed by atoms with Gasteiger partial charge in [-0.1, -0.05) is 23.7 Å². The zero-order valence-corrected chi connectivity index (χ0v) is 12.9. The van der Waals surface area contributed by atoms with Crippen LogP contribution >= 0.6 is 11.6 Å². The summed E-state index contributed by atoms with van der Waals surface area (Å²) in [5.41, 5.74) is 3.34. The molecule has 2 aromatic rings. The number of nitrogens with zero attached hydrogens (tertiary/aromatic N) is 2. The molecular formula is C15H20ClN3O. The first-order valence-electron chi connectivity index (χ1n) is 6.63. The van der Waals surface area contributed by atoms with Crippen LogP contribution in [0, 0.1) is 6.92 Å². The lowest BCUT2D eigenvalue weighted by atomic mass is 10.1. The standard InChI is InChI=1S/C15H20ClN3O/c1-11-14(15(16)19(2)18-11)10-17-9-8-12-4-6-13(20-3)7-5-12/h4-7,17H,8-10H2,1-3H3. The van der Waals surface area contributed by atoms with E-state index in [1.807, 2.05) is 26.1 Å². The third kappa shape index (κ3) is 3.52. The lowest BCUT2D eigenvalue weighted by Gasteiger charge is -2.06. The van der Waals surface area contributed by atoms with Crippen LogP contribution in [-0.2, 0) is 20.0 Å². The molecule has 0 amide bonds. The van der Waals surface area contributed by atoms with Gasteiger partial charge in [0.1, 0.15) is 10.9 Å². The predicted octanol–water partition coefficient (Wildman–Crippen LogP) is 2.72. The Morgan fingerprint density at radius 2 is 2.00 bits per heavy atom. The number of hydrogen-bond donors (Lipinski definition) is 1. The van der Waals surface area contributed by atoms with E-state index in [4.69, 9.17) is 16.3 Å². The van der Waals surface area contributed by atoms with Crippen molar-refractivity contribution in [3.05, 3.63) is 46.2 Å². The van der Waals surface area contributed by atoms with E-state index in [-0.39, 0.29) is 0 Å². The molecule has 108 valence electrons. The van der Waals surface area contributed by atoms with Gasteiger partial charge >= 0.3 is 0 Å². The summed E-state index contributed by atoms with van der Waals surface area (Å²) >= 11 is 6.19. The highest BCUT2D eigenvalue weighted by molar-refractivity contribution is 6.30. The minimum absolute atomic E-state index is 0.708. The SMILES string of the molecule is COc1ccc(CCNCc2c(C)nn(C)c2Cl)cc1. The van der Waals surface area contributed by atoms with Crippen LogP contribution in [0.4, 0.5) is 0 Å². The minimum atomic E-state index is 0.708. The van der Waals surface area contributed by atoms with Gasteiger partial charge in [-0.05, 0) is 37.6 Å². The molecule has 5 heteroatoms. The quantitative estimate of drug-likeness (QED) is 0.833. The summed E-state index contributed by atoms with van der Waals surface area (Å²) in [4.78, 5) is 0. The molecule has 1 heterocycles. The largest absolute Gasteiger partial charge is 0.497 e. The number of hydrogen-bond acceptors (Lipinski definition) is 3. The van der Waals surface area contributed by atoms with Crippen LogP contribution in [0.15, 0.2) is 24.3 Å². The molecule has 0 spiro atoms. The van der Waals surface area contributed by atoms with Gasteiger partial charge in [0.25, 0.3) is 0 Å². The molecule has 1 aromatic carbocycles. The maximum absolute atomic E-state index is 6.19. The summed E-state index contributed by atoms with van der Waals surface area (Å²) in [5, 5.41) is 8.41. The Labute approximate surface area is 124 Å². The van der Waals surface area contributed by atoms with Crippen LogP contribution in [0.5, 0.6) is 5.75 Å². The smallest absolute Gasteiger partial charge is 0.131 e. The van der Waals surface area contributed by atoms with E-state index < -0.39 is 0 Å². The first-order chi connectivity index (χ1) is 9.61. The molecule has 20 heavy (non-hydrogen) atoms. The highest BCUT2D eigenvalue weighted by Gasteiger charge is 2.09. The van der Waals surface area contributed by atoms with Crippen LogP contribution in [-0.4, -0.2) is 23.4 Å². The van der Waals surface area contributed by atoms with Gasteiger partial charge in [-0.2, -0.15) is 5.10 Å². The Bertz CT molecular complexity index is 563. The minimum Gasteiger partial charge on any atom is -0.497 e. The number of halogens is 1. The molecule has 0 bridgehead atoms. The molecule has 0 aliphatic heterocycles. The molecule has 0 aliphatic rings. The normalized spacial score (nSPS) is 10.8. The highest BCUT2D eigenvalue weighted by Crippen LogP contribution is 2.18. The fourth-order valence-corrected chi connectivity index (χ4v) is 2.35. The van der Waals surface area contributed by atoms with Crippen molar-refractivity contribution in [2.45, 2.75) is 19.9 Å². The number of methoxy groups -OCH3 is 1. The van der Waals surface area contributed by atoms with Crippen molar-refractivity contribution in [1.82, 2.24) is 15.1 Å². The van der Waals surface area contributed by atoms with Crippen molar-refractivity contribution in [3.63, 3.8) is 0 Å². The van der Waals surface area contributed by atoms with Gasteiger partial charge in [-0.3, -0.25) is 4.68 Å². The molecule has 2 rings (SSSR count). The number of benzene rings is 1. The zero-order valence-electron chi connectivity index (χ0n) is 12.1. The molecule has 4 nitrogen and oxygen atoms in total. The van der Waals surface area contributed by atoms with E-state index in [0.717, 1.165) is 36.5 Å². The lowest BCUT2D eigenvalue weighted by Crippen LogP contribution is -2.17. The zero-order chi connectivity index (χ0) is 14.5. The maximum Gasteiger partial charge on any atom is 0.131 e. The van der Waals surface area contributed by atoms with Crippen LogP contribution < -0.4 is 10.1 Å². The Morgan fingerprint density at radius 1 is 1.30 bits per heavy atom. The summed E-state index contributed by atoms with van der Waals surface area (Å²) in [5.74, 6) is 0.888. The number of rotatable bonds is 6. The van der Waals surface area contributed by atoms with Gasteiger partial charge in [0, 0.05) is 19.2 Å². The van der Waals surface area contributed by atoms with E-state index in [9.17, 15) is 0 Å². The average Bonchev–Trinajstić information content (AvgIpc) is 2.70. The highest BCUT2D eigenvalue weighted by atomic mass is 35.5. The fourth-order valence-electron chi connectivity index (χ4n) is 2.11. The van der Waals surface area contributed by atoms with Gasteiger partial charge in [-0.15, -0.1) is 0 Å². The predicted molar refractivity (Wildman–Crippen MR) is 81.4 cm³/mol. The molecule has 0 fully saturated rings. The summed E-state index contributed by atoms with van der Waals surface area (Å²) in [6.07, 6.45) is 0.973. The molecule has 1 N–H and O–H groups in total. The van der Waals surface area contributed by atoms with Gasteiger partial charge in [0.2, 0.25) is 0 Å². The van der Waals surface area contributed by atoms with Gasteiger partial charge in [0.15, 0.2) is 0 Å². The molecule has 1 aromatic heterocycles. The third-order valence-corrected chi connectivity index (χ3v) is 3.79. The fraction of sp³-hybridized carbons (Fsp3) is 0.400. The summed E-state index contributed by atoms with van der Waals surface area (Å²) in [6, 6.07) is 8.14. The molecule has 0 radical (unpaired) electrons. The number of aromatic nitrogens is 2. The van der Waals surface area contributed by atoms with Gasteiger partial charge in [0.05, 0.1) is 12.8 Å². The first-order valence-corrected chi connectivity index (χ1v) is 7.01. The van der Waals surface area contributed by atoms with Crippen LogP contribution in [0.1, 0.15) is 16.8 Å². The van der Waals surface area contributed by atoms with E-state index in [2.05, 4.69) is 22.5 Å². The van der Waals surface area contributed by atoms with Crippen molar-refractivity contribution in [1.29, 1.82) is 0 Å². The number of nitrogens with one attached hydrogen (secondary N) is 1. The lowest BCUT2D eigenvalue weighted by molar-refractivity contribution is 0.414. The number of ether oxygens (including phenoxy) is 1. The Balaban J connectivity index is 1.81. The second-order valence-electron chi connectivity index (χ2n) is 4.75. The monoisotopic (exact) mass is 293 g/mol. The van der Waals surface area contributed by atoms with Crippen LogP contribution in [0.3, 0.4) is 0 Å². The Morgan fingerprint density at radius 3 is 2.55 bits per heavy atom. The summed E-state index contributed by atoms with van der Waals surface area (Å²) in [6.45, 7) is 3.62. The number of aryl methyl sites for hydroxylation is 2. The van der Waals surface area contributed by atoms with Gasteiger partial charge in [-0.25, -0.2) is 0 Å². The summed E-state index contributed by atoms with van der Waals surface area (Å²) in [7, 11) is 3.53. The molecule has 0 atom stereocenters. The van der Waals surface area contributed by atoms with Crippen molar-refractivity contribution in [2.75, 3.05) is 13.7 Å². The molecule has 0 aliphatic carbocycles. The first kappa shape index (κ1) is 14.9. The topological polar surface area (TPSA) is 39.1 Å². The van der Waals surface area contributed by atoms with Crippen molar-refractivity contribution < 1.29 is 4.74 Å². The molecular weight excluding hydrogens is 274 g/mol. The van der Waals surface area contributed by atoms with Gasteiger partial charge < -0.3 is 10.1 Å². The van der Waals surface area contributed by atoms with Crippen LogP contribution in [0.2, 0.25) is 5.15 Å². The summed E-state index contributed by atoms with van der Waals surface area (Å²) < 4.78 is 6.85. The van der Waals surface area contributed by atoms with Crippen LogP contribution in [0.25, 0.3) is 0 Å². The maximum atomic E-state index is 6.19. The molecule has 0 saturated carbocycles. The van der Waals surface area contributed by atoms with Crippen molar-refractivity contribution in [3.8, 4) is 5.75 Å². The Kier molecular flexibility index (Phi) is 5.04. The van der Waals surface area contributed by atoms with Crippen molar-refractivity contribution in [2.24, 2.45) is 7.05 Å². The second kappa shape index (κ2) is 6.77. The van der Waals surface area contributed by atoms with E-state index in [1.54, 1.807) is 11.8 Å². The molecule has 0 saturated heterocycles. The van der Waals surface area contributed by atoms with E-state index >= 15 is 0 Å². The third-order valence-electron chi connectivity index (χ3n) is 3.32. The Hall–Kier alpha value is -1.52. The average molecular weight is 294 g/mol. The van der Waals surface area contributed by atoms with E-state index in [0.29, 0.717) is 5.15 Å². The van der Waals surface area contributed by atoms with E-state index in [1.165, 1.54) is 5.56 Å². The van der Waals surface area contributed by atoms with Crippen molar-refractivity contribution >= 4 is 11.6 Å². The second-order valence-corrected chi connectivity index (χ2v) is 5.11.